The van der Waals surface area contributed by atoms with Crippen molar-refractivity contribution in [2.75, 3.05) is 6.54 Å². The van der Waals surface area contributed by atoms with Crippen molar-refractivity contribution in [1.82, 2.24) is 9.78 Å². The number of halogens is 1. The summed E-state index contributed by atoms with van der Waals surface area (Å²) in [4.78, 5) is 11.7. The third-order valence-corrected chi connectivity index (χ3v) is 2.71. The van der Waals surface area contributed by atoms with Crippen molar-refractivity contribution in [3.05, 3.63) is 63.3 Å². The molecule has 1 heterocycles. The van der Waals surface area contributed by atoms with E-state index in [9.17, 15) is 9.18 Å². The van der Waals surface area contributed by atoms with Crippen LogP contribution in [0, 0.1) is 24.6 Å². The number of hydrogen-bond donors (Lipinski definition) is 1. The van der Waals surface area contributed by atoms with E-state index in [-0.39, 0.29) is 18.6 Å². The predicted octanol–water partition coefficient (Wildman–Crippen LogP) is 1.05. The van der Waals surface area contributed by atoms with E-state index < -0.39 is 5.82 Å². The maximum Gasteiger partial charge on any atom is 0.267 e. The van der Waals surface area contributed by atoms with Gasteiger partial charge in [0.2, 0.25) is 0 Å². The standard InChI is InChI=1S/C15H14FN3O/c1-11-7-15(20)19(18-9-11)10-13-5-4-12(3-2-6-17)8-14(13)16/h4-5,7-9H,6,10,17H2,1H3. The first kappa shape index (κ1) is 14.0. The van der Waals surface area contributed by atoms with Crippen LogP contribution >= 0.6 is 0 Å². The Kier molecular flexibility index (Phi) is 4.28. The molecule has 2 aromatic rings. The normalized spacial score (nSPS) is 9.95. The van der Waals surface area contributed by atoms with Gasteiger partial charge in [-0.1, -0.05) is 17.9 Å². The molecule has 2 N–H and O–H groups in total. The Bertz CT molecular complexity index is 741. The van der Waals surface area contributed by atoms with Crippen LogP contribution in [0.5, 0.6) is 0 Å². The third kappa shape index (κ3) is 3.31. The molecule has 1 aromatic heterocycles. The Morgan fingerprint density at radius 3 is 2.85 bits per heavy atom. The molecule has 0 radical (unpaired) electrons. The van der Waals surface area contributed by atoms with Gasteiger partial charge in [-0.15, -0.1) is 0 Å². The zero-order valence-corrected chi connectivity index (χ0v) is 11.1. The second-order valence-corrected chi connectivity index (χ2v) is 4.34. The summed E-state index contributed by atoms with van der Waals surface area (Å²) < 4.78 is 15.2. The van der Waals surface area contributed by atoms with Gasteiger partial charge >= 0.3 is 0 Å². The van der Waals surface area contributed by atoms with E-state index in [2.05, 4.69) is 16.9 Å². The summed E-state index contributed by atoms with van der Waals surface area (Å²) in [5.41, 5.74) is 6.73. The molecule has 0 aliphatic carbocycles. The minimum Gasteiger partial charge on any atom is -0.320 e. The van der Waals surface area contributed by atoms with Crippen LogP contribution in [0.4, 0.5) is 4.39 Å². The van der Waals surface area contributed by atoms with Crippen LogP contribution < -0.4 is 11.3 Å². The first-order valence-electron chi connectivity index (χ1n) is 6.11. The van der Waals surface area contributed by atoms with Gasteiger partial charge in [-0.25, -0.2) is 9.07 Å². The smallest absolute Gasteiger partial charge is 0.267 e. The summed E-state index contributed by atoms with van der Waals surface area (Å²) in [6, 6.07) is 6.09. The number of nitrogens with two attached hydrogens (primary N) is 1. The van der Waals surface area contributed by atoms with E-state index in [1.807, 2.05) is 0 Å². The Morgan fingerprint density at radius 1 is 1.40 bits per heavy atom. The summed E-state index contributed by atoms with van der Waals surface area (Å²) in [5.74, 6) is 5.00. The highest BCUT2D eigenvalue weighted by Crippen LogP contribution is 2.10. The summed E-state index contributed by atoms with van der Waals surface area (Å²) in [7, 11) is 0. The summed E-state index contributed by atoms with van der Waals surface area (Å²) >= 11 is 0. The van der Waals surface area contributed by atoms with Crippen molar-refractivity contribution >= 4 is 0 Å². The summed E-state index contributed by atoms with van der Waals surface area (Å²) in [6.07, 6.45) is 1.57. The maximum absolute atomic E-state index is 13.9. The van der Waals surface area contributed by atoms with Crippen molar-refractivity contribution in [2.45, 2.75) is 13.5 Å². The lowest BCUT2D eigenvalue weighted by Crippen LogP contribution is -2.23. The zero-order chi connectivity index (χ0) is 14.5. The molecule has 0 amide bonds. The molecule has 0 spiro atoms. The monoisotopic (exact) mass is 271 g/mol. The van der Waals surface area contributed by atoms with E-state index in [0.29, 0.717) is 11.1 Å². The summed E-state index contributed by atoms with van der Waals surface area (Å²) in [6.45, 7) is 2.10. The average molecular weight is 271 g/mol. The molecule has 20 heavy (non-hydrogen) atoms. The molecule has 2 rings (SSSR count). The molecule has 1 aromatic carbocycles. The third-order valence-electron chi connectivity index (χ3n) is 2.71. The van der Waals surface area contributed by atoms with Crippen LogP contribution in [-0.4, -0.2) is 16.3 Å². The first-order chi connectivity index (χ1) is 9.60. The number of aromatic nitrogens is 2. The maximum atomic E-state index is 13.9. The number of nitrogens with zero attached hydrogens (tertiary/aromatic N) is 2. The van der Waals surface area contributed by atoms with E-state index in [4.69, 9.17) is 5.73 Å². The Hall–Kier alpha value is -2.45. The molecule has 0 fully saturated rings. The van der Waals surface area contributed by atoms with Crippen LogP contribution in [-0.2, 0) is 6.54 Å². The van der Waals surface area contributed by atoms with Crippen molar-refractivity contribution in [1.29, 1.82) is 0 Å². The molecule has 0 saturated heterocycles. The molecule has 5 heteroatoms. The molecule has 0 aliphatic rings. The van der Waals surface area contributed by atoms with Crippen LogP contribution in [0.2, 0.25) is 0 Å². The SMILES string of the molecule is Cc1cnn(Cc2ccc(C#CCN)cc2F)c(=O)c1. The van der Waals surface area contributed by atoms with Crippen molar-refractivity contribution in [3.63, 3.8) is 0 Å². The quantitative estimate of drug-likeness (QED) is 0.830. The van der Waals surface area contributed by atoms with Gasteiger partial charge in [0.25, 0.3) is 5.56 Å². The molecule has 4 nitrogen and oxygen atoms in total. The minimum absolute atomic E-state index is 0.0928. The molecular formula is C15H14FN3O. The second kappa shape index (κ2) is 6.13. The lowest BCUT2D eigenvalue weighted by Gasteiger charge is -2.06. The van der Waals surface area contributed by atoms with Gasteiger partial charge in [-0.2, -0.15) is 5.10 Å². The molecule has 0 saturated carbocycles. The fourth-order valence-corrected chi connectivity index (χ4v) is 1.71. The van der Waals surface area contributed by atoms with Gasteiger partial charge in [0, 0.05) is 17.2 Å². The Labute approximate surface area is 116 Å². The Balaban J connectivity index is 2.28. The predicted molar refractivity (Wildman–Crippen MR) is 74.7 cm³/mol. The van der Waals surface area contributed by atoms with E-state index >= 15 is 0 Å². The highest BCUT2D eigenvalue weighted by atomic mass is 19.1. The van der Waals surface area contributed by atoms with E-state index in [1.165, 1.54) is 16.8 Å². The highest BCUT2D eigenvalue weighted by Gasteiger charge is 2.06. The molecule has 0 aliphatic heterocycles. The zero-order valence-electron chi connectivity index (χ0n) is 11.1. The fourth-order valence-electron chi connectivity index (χ4n) is 1.71. The molecule has 102 valence electrons. The molecular weight excluding hydrogens is 257 g/mol. The van der Waals surface area contributed by atoms with Gasteiger partial charge in [-0.3, -0.25) is 4.79 Å². The minimum atomic E-state index is -0.414. The van der Waals surface area contributed by atoms with Gasteiger partial charge in [0.15, 0.2) is 0 Å². The van der Waals surface area contributed by atoms with Crippen LogP contribution in [0.3, 0.4) is 0 Å². The molecule has 0 unspecified atom stereocenters. The Morgan fingerprint density at radius 2 is 2.20 bits per heavy atom. The van der Waals surface area contributed by atoms with Crippen molar-refractivity contribution in [3.8, 4) is 11.8 Å². The average Bonchev–Trinajstić information content (AvgIpc) is 2.42. The van der Waals surface area contributed by atoms with Crippen LogP contribution in [0.25, 0.3) is 0 Å². The van der Waals surface area contributed by atoms with Crippen molar-refractivity contribution in [2.24, 2.45) is 5.73 Å². The van der Waals surface area contributed by atoms with Crippen LogP contribution in [0.15, 0.2) is 35.3 Å². The number of aryl methyl sites for hydroxylation is 1. The first-order valence-corrected chi connectivity index (χ1v) is 6.11. The van der Waals surface area contributed by atoms with Crippen molar-refractivity contribution < 1.29 is 4.39 Å². The topological polar surface area (TPSA) is 60.9 Å². The number of benzene rings is 1. The lowest BCUT2D eigenvalue weighted by atomic mass is 10.1. The van der Waals surface area contributed by atoms with Gasteiger partial charge in [0.05, 0.1) is 19.3 Å². The number of rotatable bonds is 2. The van der Waals surface area contributed by atoms with Gasteiger partial charge in [-0.05, 0) is 24.6 Å². The van der Waals surface area contributed by atoms with E-state index in [1.54, 1.807) is 25.3 Å². The largest absolute Gasteiger partial charge is 0.320 e. The molecule has 0 bridgehead atoms. The lowest BCUT2D eigenvalue weighted by molar-refractivity contribution is 0.571. The fraction of sp³-hybridized carbons (Fsp3) is 0.200. The molecule has 0 atom stereocenters. The van der Waals surface area contributed by atoms with Gasteiger partial charge in [0.1, 0.15) is 5.82 Å². The van der Waals surface area contributed by atoms with Gasteiger partial charge < -0.3 is 5.73 Å². The summed E-state index contributed by atoms with van der Waals surface area (Å²) in [5, 5.41) is 3.98. The highest BCUT2D eigenvalue weighted by molar-refractivity contribution is 5.37. The number of hydrogen-bond acceptors (Lipinski definition) is 3. The van der Waals surface area contributed by atoms with E-state index in [0.717, 1.165) is 5.56 Å². The second-order valence-electron chi connectivity index (χ2n) is 4.34. The van der Waals surface area contributed by atoms with Crippen LogP contribution in [0.1, 0.15) is 16.7 Å².